The number of carbonyl (C=O) groups excluding carboxylic acids is 1. The lowest BCUT2D eigenvalue weighted by atomic mass is 9.84. The molecule has 2 aliphatic heterocycles. The molecule has 0 spiro atoms. The summed E-state index contributed by atoms with van der Waals surface area (Å²) < 4.78 is 13.5. The van der Waals surface area contributed by atoms with E-state index in [9.17, 15) is 14.7 Å². The van der Waals surface area contributed by atoms with Gasteiger partial charge in [0.05, 0.1) is 34.6 Å². The number of benzene rings is 1. The van der Waals surface area contributed by atoms with Gasteiger partial charge >= 0.3 is 5.97 Å². The number of cyclic esters (lactones) is 1. The Labute approximate surface area is 192 Å². The minimum Gasteiger partial charge on any atom is -0.508 e. The van der Waals surface area contributed by atoms with Crippen molar-refractivity contribution in [1.82, 2.24) is 9.55 Å². The normalized spacial score (nSPS) is 19.2. The van der Waals surface area contributed by atoms with Crippen LogP contribution >= 0.6 is 0 Å². The van der Waals surface area contributed by atoms with Crippen LogP contribution in [0.15, 0.2) is 29.1 Å². The van der Waals surface area contributed by atoms with Gasteiger partial charge in [0, 0.05) is 16.5 Å². The van der Waals surface area contributed by atoms with Gasteiger partial charge in [-0.05, 0) is 63.4 Å². The third kappa shape index (κ3) is 3.09. The van der Waals surface area contributed by atoms with Gasteiger partial charge in [0.15, 0.2) is 5.60 Å². The van der Waals surface area contributed by atoms with Crippen molar-refractivity contribution in [3.8, 4) is 17.1 Å². The van der Waals surface area contributed by atoms with Gasteiger partial charge in [0.1, 0.15) is 12.4 Å². The van der Waals surface area contributed by atoms with E-state index in [1.807, 2.05) is 33.8 Å². The maximum absolute atomic E-state index is 13.6. The van der Waals surface area contributed by atoms with E-state index in [0.29, 0.717) is 29.8 Å². The van der Waals surface area contributed by atoms with Crippen LogP contribution in [0, 0.1) is 0 Å². The number of phenols is 1. The summed E-state index contributed by atoms with van der Waals surface area (Å²) in [6.07, 6.45) is 1.08. The molecule has 0 unspecified atom stereocenters. The number of fused-ring (bicyclic) bond motifs is 5. The van der Waals surface area contributed by atoms with Crippen LogP contribution in [0.3, 0.4) is 0 Å². The number of aromatic hydroxyl groups is 1. The molecule has 33 heavy (non-hydrogen) atoms. The second kappa shape index (κ2) is 7.15. The van der Waals surface area contributed by atoms with E-state index in [1.54, 1.807) is 22.8 Å². The summed E-state index contributed by atoms with van der Waals surface area (Å²) in [5, 5.41) is 10.9. The number of pyridine rings is 2. The lowest BCUT2D eigenvalue weighted by molar-refractivity contribution is -0.200. The third-order valence-electron chi connectivity index (χ3n) is 6.59. The smallest absolute Gasteiger partial charge is 0.343 e. The van der Waals surface area contributed by atoms with E-state index in [4.69, 9.17) is 14.5 Å². The average molecular weight is 449 g/mol. The van der Waals surface area contributed by atoms with Gasteiger partial charge in [-0.1, -0.05) is 13.8 Å². The average Bonchev–Trinajstić information content (AvgIpc) is 3.12. The zero-order valence-corrected chi connectivity index (χ0v) is 19.6. The van der Waals surface area contributed by atoms with Crippen molar-refractivity contribution in [1.29, 1.82) is 0 Å². The van der Waals surface area contributed by atoms with Crippen molar-refractivity contribution in [3.05, 3.63) is 56.9 Å². The summed E-state index contributed by atoms with van der Waals surface area (Å²) in [7, 11) is 0. The van der Waals surface area contributed by atoms with Gasteiger partial charge in [-0.15, -0.1) is 0 Å². The number of rotatable bonds is 3. The Morgan fingerprint density at radius 2 is 1.94 bits per heavy atom. The molecule has 2 aromatic heterocycles. The lowest BCUT2D eigenvalue weighted by Gasteiger charge is -2.40. The van der Waals surface area contributed by atoms with Gasteiger partial charge in [0.2, 0.25) is 0 Å². The summed E-state index contributed by atoms with van der Waals surface area (Å²) in [5.74, 6) is -0.281. The van der Waals surface area contributed by atoms with Crippen LogP contribution < -0.4 is 5.56 Å². The summed E-state index contributed by atoms with van der Waals surface area (Å²) in [5.41, 5.74) is 3.10. The third-order valence-corrected chi connectivity index (χ3v) is 6.59. The van der Waals surface area contributed by atoms with Gasteiger partial charge in [0.25, 0.3) is 5.56 Å². The van der Waals surface area contributed by atoms with E-state index in [0.717, 1.165) is 34.1 Å². The van der Waals surface area contributed by atoms with E-state index in [-0.39, 0.29) is 17.9 Å². The Bertz CT molecular complexity index is 1380. The predicted molar refractivity (Wildman–Crippen MR) is 124 cm³/mol. The molecule has 2 aliphatic rings. The number of esters is 1. The van der Waals surface area contributed by atoms with Gasteiger partial charge in [-0.2, -0.15) is 0 Å². The molecule has 3 aromatic rings. The van der Waals surface area contributed by atoms with Crippen molar-refractivity contribution in [2.24, 2.45) is 0 Å². The van der Waals surface area contributed by atoms with Crippen molar-refractivity contribution in [2.75, 3.05) is 0 Å². The molecule has 1 aromatic carbocycles. The molecule has 4 heterocycles. The van der Waals surface area contributed by atoms with Crippen LogP contribution in [0.25, 0.3) is 22.3 Å². The fraction of sp³-hybridized carbons (Fsp3) is 0.423. The Morgan fingerprint density at radius 3 is 2.61 bits per heavy atom. The molecule has 0 radical (unpaired) electrons. The monoisotopic (exact) mass is 448 g/mol. The van der Waals surface area contributed by atoms with E-state index in [1.165, 1.54) is 0 Å². The molecular weight excluding hydrogens is 420 g/mol. The zero-order valence-electron chi connectivity index (χ0n) is 19.6. The molecule has 1 atom stereocenters. The number of ether oxygens (including phenoxy) is 2. The minimum absolute atomic E-state index is 0.0667. The SMILES string of the molecule is CCc1c2c(nc3ccc(O)cc13)-c1cc3c(c(=O)n1C2)COC(=O)[C@@]3(CC)OC(C)(C)C. The van der Waals surface area contributed by atoms with E-state index >= 15 is 0 Å². The standard InChI is InChI=1S/C26H28N2O5/c1-6-15-16-10-14(29)8-9-20(16)27-22-17(15)12-28-21(22)11-19-18(23(28)30)13-32-24(31)26(19,7-2)33-25(3,4)5/h8-11,29H,6-7,12-13H2,1-5H3/t26-/m0/s1. The molecule has 7 nitrogen and oxygen atoms in total. The molecule has 0 aliphatic carbocycles. The maximum Gasteiger partial charge on any atom is 0.343 e. The molecule has 0 bridgehead atoms. The van der Waals surface area contributed by atoms with Crippen LogP contribution in [-0.2, 0) is 39.4 Å². The second-order valence-corrected chi connectivity index (χ2v) is 9.76. The zero-order chi connectivity index (χ0) is 23.7. The Kier molecular flexibility index (Phi) is 4.69. The van der Waals surface area contributed by atoms with Crippen LogP contribution in [0.5, 0.6) is 5.75 Å². The fourth-order valence-electron chi connectivity index (χ4n) is 5.23. The molecule has 0 saturated carbocycles. The Balaban J connectivity index is 1.81. The molecule has 7 heteroatoms. The first-order valence-electron chi connectivity index (χ1n) is 11.4. The Hall–Kier alpha value is -3.19. The van der Waals surface area contributed by atoms with E-state index in [2.05, 4.69) is 6.92 Å². The van der Waals surface area contributed by atoms with Crippen LogP contribution in [0.2, 0.25) is 0 Å². The first kappa shape index (κ1) is 21.6. The van der Waals surface area contributed by atoms with Crippen LogP contribution in [0.4, 0.5) is 0 Å². The van der Waals surface area contributed by atoms with Crippen LogP contribution in [-0.4, -0.2) is 26.2 Å². The highest BCUT2D eigenvalue weighted by molar-refractivity contribution is 5.90. The highest BCUT2D eigenvalue weighted by Gasteiger charge is 2.50. The summed E-state index contributed by atoms with van der Waals surface area (Å²) in [6.45, 7) is 9.92. The number of aryl methyl sites for hydroxylation is 1. The highest BCUT2D eigenvalue weighted by Crippen LogP contribution is 2.43. The first-order valence-corrected chi connectivity index (χ1v) is 11.4. The first-order chi connectivity index (χ1) is 15.6. The number of hydrogen-bond acceptors (Lipinski definition) is 6. The van der Waals surface area contributed by atoms with Crippen molar-refractivity contribution < 1.29 is 19.4 Å². The number of hydrogen-bond donors (Lipinski definition) is 1. The highest BCUT2D eigenvalue weighted by atomic mass is 16.6. The maximum atomic E-state index is 13.6. The number of phenolic OH excluding ortho intramolecular Hbond substituents is 1. The Morgan fingerprint density at radius 1 is 1.18 bits per heavy atom. The molecule has 0 amide bonds. The topological polar surface area (TPSA) is 90.7 Å². The molecule has 0 saturated heterocycles. The fourth-order valence-corrected chi connectivity index (χ4v) is 5.23. The quantitative estimate of drug-likeness (QED) is 0.473. The van der Waals surface area contributed by atoms with Crippen molar-refractivity contribution >= 4 is 16.9 Å². The molecular formula is C26H28N2O5. The van der Waals surface area contributed by atoms with E-state index < -0.39 is 17.2 Å². The largest absolute Gasteiger partial charge is 0.508 e. The minimum atomic E-state index is -1.35. The van der Waals surface area contributed by atoms with Gasteiger partial charge in [-0.3, -0.25) is 4.79 Å². The van der Waals surface area contributed by atoms with Gasteiger partial charge < -0.3 is 19.1 Å². The summed E-state index contributed by atoms with van der Waals surface area (Å²) in [4.78, 5) is 31.6. The molecule has 172 valence electrons. The molecule has 1 N–H and O–H groups in total. The summed E-state index contributed by atoms with van der Waals surface area (Å²) in [6, 6.07) is 7.03. The summed E-state index contributed by atoms with van der Waals surface area (Å²) >= 11 is 0. The molecule has 5 rings (SSSR count). The second-order valence-electron chi connectivity index (χ2n) is 9.76. The van der Waals surface area contributed by atoms with Gasteiger partial charge in [-0.25, -0.2) is 9.78 Å². The van der Waals surface area contributed by atoms with Crippen molar-refractivity contribution in [3.63, 3.8) is 0 Å². The number of nitrogens with zero attached hydrogens (tertiary/aromatic N) is 2. The number of aromatic nitrogens is 2. The van der Waals surface area contributed by atoms with Crippen molar-refractivity contribution in [2.45, 2.75) is 71.8 Å². The number of carbonyl (C=O) groups is 1. The molecule has 0 fully saturated rings. The predicted octanol–water partition coefficient (Wildman–Crippen LogP) is 4.17. The van der Waals surface area contributed by atoms with Crippen LogP contribution in [0.1, 0.15) is 63.3 Å². The lowest BCUT2D eigenvalue weighted by Crippen LogP contribution is -2.49.